The highest BCUT2D eigenvalue weighted by atomic mass is 32.1. The molecule has 0 aliphatic heterocycles. The van der Waals surface area contributed by atoms with Crippen LogP contribution in [0.1, 0.15) is 11.5 Å². The van der Waals surface area contributed by atoms with Crippen molar-refractivity contribution < 1.29 is 0 Å². The van der Waals surface area contributed by atoms with E-state index >= 15 is 0 Å². The largest absolute Gasteiger partial charge is 0.143 e. The van der Waals surface area contributed by atoms with E-state index in [9.17, 15) is 0 Å². The topological polar surface area (TPSA) is 0 Å². The first-order chi connectivity index (χ1) is 6.95. The van der Waals surface area contributed by atoms with E-state index in [4.69, 9.17) is 0 Å². The van der Waals surface area contributed by atoms with Crippen LogP contribution in [-0.4, -0.2) is 0 Å². The molecule has 1 heteroatoms. The van der Waals surface area contributed by atoms with Gasteiger partial charge in [0.1, 0.15) is 0 Å². The van der Waals surface area contributed by atoms with Crippen molar-refractivity contribution in [3.63, 3.8) is 0 Å². The Bertz CT molecular complexity index is 505. The summed E-state index contributed by atoms with van der Waals surface area (Å²) in [6, 6.07) is 8.61. The average Bonchev–Trinajstić information content (AvgIpc) is 2.85. The van der Waals surface area contributed by atoms with Crippen LogP contribution in [-0.2, 0) is 0 Å². The maximum Gasteiger partial charge on any atom is 0.0345 e. The zero-order valence-corrected chi connectivity index (χ0v) is 8.50. The molecule has 68 valence electrons. The molecular formula is C13H10S. The van der Waals surface area contributed by atoms with Crippen molar-refractivity contribution in [3.05, 3.63) is 59.5 Å². The second-order valence-electron chi connectivity index (χ2n) is 3.48. The van der Waals surface area contributed by atoms with Crippen LogP contribution >= 0.6 is 11.3 Å². The van der Waals surface area contributed by atoms with Crippen LogP contribution in [0, 0.1) is 0 Å². The number of benzene rings is 1. The van der Waals surface area contributed by atoms with Gasteiger partial charge in [0.2, 0.25) is 0 Å². The monoisotopic (exact) mass is 198 g/mol. The highest BCUT2D eigenvalue weighted by molar-refractivity contribution is 7.17. The molecule has 0 fully saturated rings. The first-order valence-corrected chi connectivity index (χ1v) is 5.64. The van der Waals surface area contributed by atoms with Gasteiger partial charge in [0.25, 0.3) is 0 Å². The Labute approximate surface area is 87.2 Å². The molecular weight excluding hydrogens is 188 g/mol. The van der Waals surface area contributed by atoms with Gasteiger partial charge in [-0.25, -0.2) is 0 Å². The minimum Gasteiger partial charge on any atom is -0.143 e. The van der Waals surface area contributed by atoms with E-state index in [0.29, 0.717) is 5.92 Å². The summed E-state index contributed by atoms with van der Waals surface area (Å²) in [7, 11) is 0. The van der Waals surface area contributed by atoms with Gasteiger partial charge in [-0.2, -0.15) is 0 Å². The Morgan fingerprint density at radius 3 is 2.64 bits per heavy atom. The SMILES string of the molecule is C1=CC(c2csc3ccccc23)C=C1. The van der Waals surface area contributed by atoms with E-state index in [-0.39, 0.29) is 0 Å². The molecule has 1 aromatic heterocycles. The van der Waals surface area contributed by atoms with E-state index in [0.717, 1.165) is 0 Å². The fourth-order valence-electron chi connectivity index (χ4n) is 1.90. The number of rotatable bonds is 1. The van der Waals surface area contributed by atoms with Crippen molar-refractivity contribution >= 4 is 21.4 Å². The first-order valence-electron chi connectivity index (χ1n) is 4.76. The molecule has 0 atom stereocenters. The molecule has 0 nitrogen and oxygen atoms in total. The summed E-state index contributed by atoms with van der Waals surface area (Å²) in [5.74, 6) is 0.492. The van der Waals surface area contributed by atoms with E-state index in [2.05, 4.69) is 53.9 Å². The molecule has 3 rings (SSSR count). The van der Waals surface area contributed by atoms with E-state index in [1.54, 1.807) is 0 Å². The predicted molar refractivity (Wildman–Crippen MR) is 62.8 cm³/mol. The van der Waals surface area contributed by atoms with E-state index < -0.39 is 0 Å². The molecule has 0 radical (unpaired) electrons. The minimum absolute atomic E-state index is 0.492. The van der Waals surface area contributed by atoms with Crippen LogP contribution in [0.15, 0.2) is 53.9 Å². The number of thiophene rings is 1. The third kappa shape index (κ3) is 1.13. The standard InChI is InChI=1S/C13H10S/c1-2-6-10(5-1)12-9-14-13-8-4-3-7-11(12)13/h1-10H. The van der Waals surface area contributed by atoms with Gasteiger partial charge in [-0.3, -0.25) is 0 Å². The molecule has 0 saturated heterocycles. The van der Waals surface area contributed by atoms with Gasteiger partial charge in [-0.1, -0.05) is 42.5 Å². The summed E-state index contributed by atoms with van der Waals surface area (Å²) in [5.41, 5.74) is 1.44. The van der Waals surface area contributed by atoms with Crippen molar-refractivity contribution in [2.24, 2.45) is 0 Å². The van der Waals surface area contributed by atoms with Crippen LogP contribution in [0.2, 0.25) is 0 Å². The normalized spacial score (nSPS) is 15.7. The van der Waals surface area contributed by atoms with Gasteiger partial charge >= 0.3 is 0 Å². The summed E-state index contributed by atoms with van der Waals surface area (Å²) in [6.07, 6.45) is 8.73. The summed E-state index contributed by atoms with van der Waals surface area (Å²) < 4.78 is 1.39. The van der Waals surface area contributed by atoms with Gasteiger partial charge in [-0.05, 0) is 22.4 Å². The van der Waals surface area contributed by atoms with E-state index in [1.165, 1.54) is 15.6 Å². The van der Waals surface area contributed by atoms with Crippen LogP contribution < -0.4 is 0 Å². The van der Waals surface area contributed by atoms with Crippen molar-refractivity contribution in [2.75, 3.05) is 0 Å². The number of fused-ring (bicyclic) bond motifs is 1. The zero-order chi connectivity index (χ0) is 9.38. The molecule has 0 amide bonds. The smallest absolute Gasteiger partial charge is 0.0345 e. The molecule has 14 heavy (non-hydrogen) atoms. The summed E-state index contributed by atoms with van der Waals surface area (Å²) >= 11 is 1.83. The van der Waals surface area contributed by atoms with Gasteiger partial charge in [0.05, 0.1) is 0 Å². The number of hydrogen-bond donors (Lipinski definition) is 0. The van der Waals surface area contributed by atoms with Crippen LogP contribution in [0.5, 0.6) is 0 Å². The number of allylic oxidation sites excluding steroid dienone is 4. The van der Waals surface area contributed by atoms with Crippen molar-refractivity contribution in [1.29, 1.82) is 0 Å². The third-order valence-electron chi connectivity index (χ3n) is 2.62. The highest BCUT2D eigenvalue weighted by Crippen LogP contribution is 2.33. The molecule has 0 bridgehead atoms. The average molecular weight is 198 g/mol. The molecule has 0 unspecified atom stereocenters. The van der Waals surface area contributed by atoms with Crippen molar-refractivity contribution in [2.45, 2.75) is 5.92 Å². The van der Waals surface area contributed by atoms with Crippen molar-refractivity contribution in [1.82, 2.24) is 0 Å². The number of hydrogen-bond acceptors (Lipinski definition) is 1. The lowest BCUT2D eigenvalue weighted by Crippen LogP contribution is -1.85. The Balaban J connectivity index is 2.21. The van der Waals surface area contributed by atoms with Crippen LogP contribution in [0.3, 0.4) is 0 Å². The maximum atomic E-state index is 2.27. The lowest BCUT2D eigenvalue weighted by molar-refractivity contribution is 1.13. The van der Waals surface area contributed by atoms with Crippen LogP contribution in [0.25, 0.3) is 10.1 Å². The molecule has 1 aliphatic rings. The molecule has 0 spiro atoms. The van der Waals surface area contributed by atoms with Gasteiger partial charge in [-0.15, -0.1) is 11.3 Å². The molecule has 1 aliphatic carbocycles. The second kappa shape index (κ2) is 3.10. The first kappa shape index (κ1) is 8.01. The highest BCUT2D eigenvalue weighted by Gasteiger charge is 2.11. The zero-order valence-electron chi connectivity index (χ0n) is 7.68. The van der Waals surface area contributed by atoms with Crippen molar-refractivity contribution in [3.8, 4) is 0 Å². The lowest BCUT2D eigenvalue weighted by atomic mass is 10.0. The maximum absolute atomic E-state index is 2.27. The quantitative estimate of drug-likeness (QED) is 0.647. The Hall–Kier alpha value is -1.34. The Kier molecular flexibility index (Phi) is 1.78. The van der Waals surface area contributed by atoms with Gasteiger partial charge in [0, 0.05) is 10.6 Å². The minimum atomic E-state index is 0.492. The summed E-state index contributed by atoms with van der Waals surface area (Å²) in [6.45, 7) is 0. The molecule has 0 saturated carbocycles. The molecule has 1 heterocycles. The lowest BCUT2D eigenvalue weighted by Gasteiger charge is -2.02. The van der Waals surface area contributed by atoms with E-state index in [1.807, 2.05) is 11.3 Å². The predicted octanol–water partition coefficient (Wildman–Crippen LogP) is 4.11. The van der Waals surface area contributed by atoms with Gasteiger partial charge in [0.15, 0.2) is 0 Å². The fourth-order valence-corrected chi connectivity index (χ4v) is 2.90. The van der Waals surface area contributed by atoms with Crippen LogP contribution in [0.4, 0.5) is 0 Å². The third-order valence-corrected chi connectivity index (χ3v) is 3.60. The Morgan fingerprint density at radius 1 is 1.00 bits per heavy atom. The van der Waals surface area contributed by atoms with Gasteiger partial charge < -0.3 is 0 Å². The second-order valence-corrected chi connectivity index (χ2v) is 4.39. The fraction of sp³-hybridized carbons (Fsp3) is 0.0769. The molecule has 2 aromatic rings. The Morgan fingerprint density at radius 2 is 1.79 bits per heavy atom. The summed E-state index contributed by atoms with van der Waals surface area (Å²) in [5, 5.41) is 3.67. The molecule has 0 N–H and O–H groups in total. The molecule has 1 aromatic carbocycles. The summed E-state index contributed by atoms with van der Waals surface area (Å²) in [4.78, 5) is 0.